The summed E-state index contributed by atoms with van der Waals surface area (Å²) in [7, 11) is 0. The summed E-state index contributed by atoms with van der Waals surface area (Å²) < 4.78 is 10.4. The molecule has 1 amide bonds. The van der Waals surface area contributed by atoms with Crippen molar-refractivity contribution in [3.8, 4) is 11.5 Å². The molecule has 4 N–H and O–H groups in total. The van der Waals surface area contributed by atoms with Gasteiger partial charge in [0.05, 0.1) is 6.21 Å². The summed E-state index contributed by atoms with van der Waals surface area (Å²) in [5.41, 5.74) is 1.58. The van der Waals surface area contributed by atoms with Crippen LogP contribution in [0.4, 0.5) is 5.82 Å². The Kier molecular flexibility index (Phi) is 4.46. The molecule has 0 saturated heterocycles. The van der Waals surface area contributed by atoms with Crippen molar-refractivity contribution in [1.82, 2.24) is 20.6 Å². The normalized spacial score (nSPS) is 13.6. The van der Waals surface area contributed by atoms with Crippen LogP contribution in [0.25, 0.3) is 0 Å². The summed E-state index contributed by atoms with van der Waals surface area (Å²) in [6, 6.07) is 4.41. The molecule has 11 nitrogen and oxygen atoms in total. The second-order valence-electron chi connectivity index (χ2n) is 5.07. The molecule has 0 saturated carbocycles. The van der Waals surface area contributed by atoms with Crippen molar-refractivity contribution in [2.45, 2.75) is 13.0 Å². The molecule has 1 unspecified atom stereocenters. The molecule has 0 spiro atoms. The number of aromatic amines is 2. The van der Waals surface area contributed by atoms with Crippen molar-refractivity contribution < 1.29 is 14.3 Å². The average Bonchev–Trinajstić information content (AvgIpc) is 3.05. The lowest BCUT2D eigenvalue weighted by molar-refractivity contribution is -0.121. The van der Waals surface area contributed by atoms with E-state index < -0.39 is 23.2 Å². The molecule has 0 fully saturated rings. The lowest BCUT2D eigenvalue weighted by Gasteiger charge is -2.11. The van der Waals surface area contributed by atoms with Crippen LogP contribution >= 0.6 is 0 Å². The molecule has 1 aliphatic rings. The summed E-state index contributed by atoms with van der Waals surface area (Å²) >= 11 is 0. The van der Waals surface area contributed by atoms with Gasteiger partial charge in [-0.05, 0) is 30.7 Å². The Morgan fingerprint density at radius 3 is 2.96 bits per heavy atom. The molecule has 2 aromatic rings. The van der Waals surface area contributed by atoms with E-state index >= 15 is 0 Å². The van der Waals surface area contributed by atoms with Crippen LogP contribution in [-0.2, 0) is 4.79 Å². The SMILES string of the molecule is CC(Nc1n[nH]c(=O)[nH]c1=O)C(=O)NN=Cc1ccc2c(c1)OCO2. The van der Waals surface area contributed by atoms with Gasteiger partial charge in [-0.2, -0.15) is 5.10 Å². The van der Waals surface area contributed by atoms with Crippen LogP contribution in [0.2, 0.25) is 0 Å². The van der Waals surface area contributed by atoms with Crippen LogP contribution in [0.3, 0.4) is 0 Å². The third-order valence-electron chi connectivity index (χ3n) is 3.24. The second kappa shape index (κ2) is 6.86. The molecule has 130 valence electrons. The minimum atomic E-state index is -0.812. The molecule has 0 radical (unpaired) electrons. The quantitative estimate of drug-likeness (QED) is 0.406. The van der Waals surface area contributed by atoms with E-state index in [2.05, 4.69) is 26.0 Å². The lowest BCUT2D eigenvalue weighted by atomic mass is 10.2. The average molecular weight is 346 g/mol. The Labute approximate surface area is 140 Å². The summed E-state index contributed by atoms with van der Waals surface area (Å²) in [5.74, 6) is 0.581. The van der Waals surface area contributed by atoms with Crippen LogP contribution < -0.4 is 31.5 Å². The van der Waals surface area contributed by atoms with Gasteiger partial charge in [-0.15, -0.1) is 5.10 Å². The minimum absolute atomic E-state index is 0.174. The third kappa shape index (κ3) is 3.83. The van der Waals surface area contributed by atoms with Crippen LogP contribution in [-0.4, -0.2) is 40.1 Å². The first-order valence-corrected chi connectivity index (χ1v) is 7.21. The fraction of sp³-hybridized carbons (Fsp3) is 0.214. The van der Waals surface area contributed by atoms with Crippen LogP contribution in [0, 0.1) is 0 Å². The highest BCUT2D eigenvalue weighted by Gasteiger charge is 2.15. The molecular formula is C14H14N6O5. The highest BCUT2D eigenvalue weighted by molar-refractivity contribution is 5.86. The van der Waals surface area contributed by atoms with Gasteiger partial charge in [0.1, 0.15) is 6.04 Å². The van der Waals surface area contributed by atoms with Gasteiger partial charge in [-0.3, -0.25) is 14.6 Å². The van der Waals surface area contributed by atoms with Crippen LogP contribution in [0.15, 0.2) is 32.9 Å². The molecule has 3 rings (SSSR count). The number of rotatable bonds is 5. The van der Waals surface area contributed by atoms with Gasteiger partial charge < -0.3 is 14.8 Å². The van der Waals surface area contributed by atoms with E-state index in [1.54, 1.807) is 18.2 Å². The Balaban J connectivity index is 1.58. The fourth-order valence-electron chi connectivity index (χ4n) is 1.98. The molecular weight excluding hydrogens is 332 g/mol. The number of nitrogens with one attached hydrogen (secondary N) is 4. The number of amides is 1. The largest absolute Gasteiger partial charge is 0.454 e. The number of nitrogens with zero attached hydrogens (tertiary/aromatic N) is 2. The van der Waals surface area contributed by atoms with Crippen molar-refractivity contribution in [3.63, 3.8) is 0 Å². The van der Waals surface area contributed by atoms with Gasteiger partial charge in [-0.25, -0.2) is 15.3 Å². The summed E-state index contributed by atoms with van der Waals surface area (Å²) in [5, 5.41) is 12.0. The van der Waals surface area contributed by atoms with E-state index in [-0.39, 0.29) is 12.6 Å². The van der Waals surface area contributed by atoms with E-state index in [0.29, 0.717) is 17.1 Å². The first-order chi connectivity index (χ1) is 12.0. The fourth-order valence-corrected chi connectivity index (χ4v) is 1.98. The van der Waals surface area contributed by atoms with Gasteiger partial charge in [0, 0.05) is 0 Å². The molecule has 1 aliphatic heterocycles. The topological polar surface area (TPSA) is 151 Å². The number of aromatic nitrogens is 3. The minimum Gasteiger partial charge on any atom is -0.454 e. The molecule has 2 heterocycles. The lowest BCUT2D eigenvalue weighted by Crippen LogP contribution is -2.38. The summed E-state index contributed by atoms with van der Waals surface area (Å²) in [4.78, 5) is 36.4. The molecule has 11 heteroatoms. The highest BCUT2D eigenvalue weighted by atomic mass is 16.7. The predicted molar refractivity (Wildman–Crippen MR) is 86.9 cm³/mol. The zero-order valence-electron chi connectivity index (χ0n) is 13.0. The number of carbonyl (C=O) groups is 1. The Morgan fingerprint density at radius 1 is 1.36 bits per heavy atom. The number of carbonyl (C=O) groups excluding carboxylic acids is 1. The van der Waals surface area contributed by atoms with E-state index in [4.69, 9.17) is 9.47 Å². The standard InChI is InChI=1S/C14H14N6O5/c1-7(16-11-13(22)17-14(23)20-18-11)12(21)19-15-5-8-2-3-9-10(4-8)25-6-24-9/h2-5,7H,6H2,1H3,(H,16,18)(H,19,21)(H2,17,20,22,23). The summed E-state index contributed by atoms with van der Waals surface area (Å²) in [6.45, 7) is 1.69. The number of hydrogen-bond acceptors (Lipinski definition) is 8. The van der Waals surface area contributed by atoms with Crippen molar-refractivity contribution in [2.75, 3.05) is 12.1 Å². The smallest absolute Gasteiger partial charge is 0.342 e. The van der Waals surface area contributed by atoms with E-state index in [9.17, 15) is 14.4 Å². The number of anilines is 1. The Morgan fingerprint density at radius 2 is 2.16 bits per heavy atom. The molecule has 1 aromatic heterocycles. The number of hydrazone groups is 1. The number of H-pyrrole nitrogens is 2. The number of fused-ring (bicyclic) bond motifs is 1. The number of hydrogen-bond donors (Lipinski definition) is 4. The molecule has 0 aliphatic carbocycles. The van der Waals surface area contributed by atoms with Gasteiger partial charge in [0.25, 0.3) is 11.5 Å². The molecule has 25 heavy (non-hydrogen) atoms. The maximum Gasteiger partial charge on any atom is 0.342 e. The number of benzene rings is 1. The zero-order chi connectivity index (χ0) is 17.8. The highest BCUT2D eigenvalue weighted by Crippen LogP contribution is 2.31. The van der Waals surface area contributed by atoms with Gasteiger partial charge in [0.15, 0.2) is 11.5 Å². The van der Waals surface area contributed by atoms with E-state index in [0.717, 1.165) is 0 Å². The first-order valence-electron chi connectivity index (χ1n) is 7.21. The van der Waals surface area contributed by atoms with E-state index in [1.165, 1.54) is 13.1 Å². The Bertz CT molecular complexity index is 934. The zero-order valence-corrected chi connectivity index (χ0v) is 13.0. The van der Waals surface area contributed by atoms with Gasteiger partial charge >= 0.3 is 5.69 Å². The van der Waals surface area contributed by atoms with E-state index in [1.807, 2.05) is 4.98 Å². The number of ether oxygens (including phenoxy) is 2. The molecule has 0 bridgehead atoms. The van der Waals surface area contributed by atoms with Gasteiger partial charge in [0.2, 0.25) is 12.6 Å². The van der Waals surface area contributed by atoms with Crippen LogP contribution in [0.5, 0.6) is 11.5 Å². The van der Waals surface area contributed by atoms with Crippen molar-refractivity contribution in [2.24, 2.45) is 5.10 Å². The van der Waals surface area contributed by atoms with Crippen LogP contribution in [0.1, 0.15) is 12.5 Å². The molecule has 1 atom stereocenters. The predicted octanol–water partition coefficient (Wildman–Crippen LogP) is -0.862. The van der Waals surface area contributed by atoms with Gasteiger partial charge in [-0.1, -0.05) is 0 Å². The first kappa shape index (κ1) is 16.2. The second-order valence-corrected chi connectivity index (χ2v) is 5.07. The third-order valence-corrected chi connectivity index (χ3v) is 3.24. The summed E-state index contributed by atoms with van der Waals surface area (Å²) in [6.07, 6.45) is 1.44. The molecule has 1 aromatic carbocycles. The van der Waals surface area contributed by atoms with Crippen molar-refractivity contribution in [3.05, 3.63) is 44.6 Å². The Hall–Kier alpha value is -3.63. The maximum absolute atomic E-state index is 12.0. The monoisotopic (exact) mass is 346 g/mol. The van der Waals surface area contributed by atoms with Crippen molar-refractivity contribution in [1.29, 1.82) is 0 Å². The van der Waals surface area contributed by atoms with Crippen molar-refractivity contribution >= 4 is 17.9 Å². The maximum atomic E-state index is 12.0.